The molecule has 0 bridgehead atoms. The number of rotatable bonds is 14. The molecule has 2 saturated heterocycles. The summed E-state index contributed by atoms with van der Waals surface area (Å²) in [6, 6.07) is 3.10. The van der Waals surface area contributed by atoms with E-state index < -0.39 is 23.8 Å². The molecular formula is C29H44N4O7. The molecule has 40 heavy (non-hydrogen) atoms. The zero-order valence-electron chi connectivity index (χ0n) is 24.0. The molecule has 0 radical (unpaired) electrons. The van der Waals surface area contributed by atoms with Gasteiger partial charge in [0.05, 0.1) is 19.1 Å². The second-order valence-electron chi connectivity index (χ2n) is 11.1. The maximum atomic E-state index is 13.6. The molecule has 0 unspecified atom stereocenters. The first-order valence-electron chi connectivity index (χ1n) is 14.6. The molecule has 222 valence electrons. The van der Waals surface area contributed by atoms with Crippen LogP contribution in [0.1, 0.15) is 63.0 Å². The summed E-state index contributed by atoms with van der Waals surface area (Å²) in [6.45, 7) is 7.54. The SMILES string of the molecule is CCCCN(CCCC)C(=O)CN1C[C@H](c2cc(CO)c3c(c2)OCO3)[C@@H](C(=O)O)[C@@H]1CCN1CCN(C)C1=O. The van der Waals surface area contributed by atoms with Crippen LogP contribution in [0.2, 0.25) is 0 Å². The van der Waals surface area contributed by atoms with Gasteiger partial charge in [0.15, 0.2) is 11.5 Å². The summed E-state index contributed by atoms with van der Waals surface area (Å²) in [7, 11) is 1.76. The molecule has 11 heteroatoms. The third kappa shape index (κ3) is 6.46. The van der Waals surface area contributed by atoms with E-state index in [9.17, 15) is 24.6 Å². The second-order valence-corrected chi connectivity index (χ2v) is 11.1. The molecule has 3 amide bonds. The van der Waals surface area contributed by atoms with Crippen LogP contribution < -0.4 is 9.47 Å². The van der Waals surface area contributed by atoms with Crippen molar-refractivity contribution in [1.29, 1.82) is 0 Å². The number of carbonyl (C=O) groups excluding carboxylic acids is 2. The summed E-state index contributed by atoms with van der Waals surface area (Å²) in [4.78, 5) is 46.3. The molecule has 2 fully saturated rings. The molecule has 1 aromatic carbocycles. The van der Waals surface area contributed by atoms with Crippen LogP contribution in [0.5, 0.6) is 11.5 Å². The Morgan fingerprint density at radius 2 is 1.82 bits per heavy atom. The number of aliphatic carboxylic acids is 1. The van der Waals surface area contributed by atoms with E-state index in [-0.39, 0.29) is 31.9 Å². The van der Waals surface area contributed by atoms with Gasteiger partial charge < -0.3 is 34.4 Å². The quantitative estimate of drug-likeness (QED) is 0.356. The number of ether oxygens (including phenoxy) is 2. The van der Waals surface area contributed by atoms with Crippen molar-refractivity contribution >= 4 is 17.9 Å². The van der Waals surface area contributed by atoms with Gasteiger partial charge in [0.1, 0.15) is 0 Å². The van der Waals surface area contributed by atoms with Gasteiger partial charge in [-0.25, -0.2) is 4.79 Å². The van der Waals surface area contributed by atoms with Crippen LogP contribution in [-0.4, -0.2) is 113 Å². The number of benzene rings is 1. The number of carbonyl (C=O) groups is 3. The highest BCUT2D eigenvalue weighted by Crippen LogP contribution is 2.44. The molecule has 0 aromatic heterocycles. The van der Waals surface area contributed by atoms with Crippen molar-refractivity contribution < 1.29 is 34.1 Å². The number of unbranched alkanes of at least 4 members (excludes halogenated alkanes) is 2. The minimum Gasteiger partial charge on any atom is -0.481 e. The smallest absolute Gasteiger partial charge is 0.319 e. The van der Waals surface area contributed by atoms with E-state index in [1.807, 2.05) is 9.80 Å². The fourth-order valence-electron chi connectivity index (χ4n) is 6.16. The summed E-state index contributed by atoms with van der Waals surface area (Å²) >= 11 is 0. The number of carboxylic acid groups (broad SMARTS) is 1. The van der Waals surface area contributed by atoms with E-state index >= 15 is 0 Å². The van der Waals surface area contributed by atoms with Crippen LogP contribution in [0.15, 0.2) is 12.1 Å². The molecular weight excluding hydrogens is 516 g/mol. The van der Waals surface area contributed by atoms with E-state index in [4.69, 9.17) is 9.47 Å². The van der Waals surface area contributed by atoms with Crippen LogP contribution in [0.3, 0.4) is 0 Å². The number of hydrogen-bond acceptors (Lipinski definition) is 7. The average Bonchev–Trinajstić information content (AvgIpc) is 3.64. The molecule has 3 heterocycles. The largest absolute Gasteiger partial charge is 0.481 e. The number of amides is 3. The van der Waals surface area contributed by atoms with Crippen molar-refractivity contribution in [2.45, 2.75) is 64.5 Å². The van der Waals surface area contributed by atoms with Crippen molar-refractivity contribution in [1.82, 2.24) is 19.6 Å². The van der Waals surface area contributed by atoms with E-state index in [2.05, 4.69) is 13.8 Å². The van der Waals surface area contributed by atoms with Crippen molar-refractivity contribution in [2.75, 3.05) is 59.7 Å². The molecule has 11 nitrogen and oxygen atoms in total. The predicted octanol–water partition coefficient (Wildman–Crippen LogP) is 2.56. The number of likely N-dealkylation sites (N-methyl/N-ethyl adjacent to an activating group) is 1. The second kappa shape index (κ2) is 13.5. The molecule has 0 aliphatic carbocycles. The number of fused-ring (bicyclic) bond motifs is 1. The first-order valence-corrected chi connectivity index (χ1v) is 14.6. The van der Waals surface area contributed by atoms with E-state index in [1.165, 1.54) is 0 Å². The Labute approximate surface area is 236 Å². The molecule has 0 spiro atoms. The maximum Gasteiger partial charge on any atom is 0.319 e. The molecule has 2 N–H and O–H groups in total. The number of hydrogen-bond donors (Lipinski definition) is 2. The molecule has 1 aromatic rings. The lowest BCUT2D eigenvalue weighted by molar-refractivity contribution is -0.144. The van der Waals surface area contributed by atoms with E-state index in [0.29, 0.717) is 62.8 Å². The van der Waals surface area contributed by atoms with Gasteiger partial charge in [-0.05, 0) is 37.0 Å². The van der Waals surface area contributed by atoms with Crippen molar-refractivity contribution in [2.24, 2.45) is 5.92 Å². The molecule has 3 atom stereocenters. The zero-order valence-corrected chi connectivity index (χ0v) is 24.0. The van der Waals surface area contributed by atoms with Gasteiger partial charge >= 0.3 is 12.0 Å². The third-order valence-electron chi connectivity index (χ3n) is 8.46. The fraction of sp³-hybridized carbons (Fsp3) is 0.690. The minimum absolute atomic E-state index is 0.00963. The van der Waals surface area contributed by atoms with Gasteiger partial charge in [0.2, 0.25) is 12.7 Å². The number of likely N-dealkylation sites (tertiary alicyclic amines) is 1. The van der Waals surface area contributed by atoms with Crippen LogP contribution in [0.4, 0.5) is 4.79 Å². The molecule has 0 saturated carbocycles. The fourth-order valence-corrected chi connectivity index (χ4v) is 6.16. The highest BCUT2D eigenvalue weighted by atomic mass is 16.7. The summed E-state index contributed by atoms with van der Waals surface area (Å²) in [6.07, 6.45) is 4.26. The van der Waals surface area contributed by atoms with Gasteiger partial charge in [0, 0.05) is 63.8 Å². The highest BCUT2D eigenvalue weighted by Gasteiger charge is 2.48. The van der Waals surface area contributed by atoms with Gasteiger partial charge in [-0.3, -0.25) is 14.5 Å². The summed E-state index contributed by atoms with van der Waals surface area (Å²) in [5, 5.41) is 20.5. The lowest BCUT2D eigenvalue weighted by atomic mass is 9.83. The monoisotopic (exact) mass is 560 g/mol. The number of nitrogens with zero attached hydrogens (tertiary/aromatic N) is 4. The van der Waals surface area contributed by atoms with E-state index in [1.54, 1.807) is 29.0 Å². The van der Waals surface area contributed by atoms with Gasteiger partial charge in [0.25, 0.3) is 0 Å². The number of urea groups is 1. The Hall–Kier alpha value is -3.05. The standard InChI is InChI=1S/C29H44N4O7/c1-4-6-9-31(10-7-5-2)25(35)17-33-16-22(20-14-21(18-34)27-24(15-20)39-19-40-27)26(28(36)37)23(33)8-11-32-13-12-30(3)29(32)38/h14-15,22-23,26,34H,4-13,16-19H2,1-3H3,(H,36,37)/t22-,23+,26-/m1/s1. The van der Waals surface area contributed by atoms with Crippen LogP contribution in [0.25, 0.3) is 0 Å². The van der Waals surface area contributed by atoms with Crippen LogP contribution >= 0.6 is 0 Å². The lowest BCUT2D eigenvalue weighted by Gasteiger charge is -2.30. The number of aliphatic hydroxyl groups is 1. The first-order chi connectivity index (χ1) is 19.3. The van der Waals surface area contributed by atoms with Crippen LogP contribution in [-0.2, 0) is 16.2 Å². The molecule has 3 aliphatic rings. The number of carboxylic acids is 1. The summed E-state index contributed by atoms with van der Waals surface area (Å²) in [5.41, 5.74) is 1.29. The Kier molecular flexibility index (Phi) is 10.1. The van der Waals surface area contributed by atoms with Gasteiger partial charge in [-0.1, -0.05) is 26.7 Å². The summed E-state index contributed by atoms with van der Waals surface area (Å²) in [5.74, 6) is -1.17. The average molecular weight is 561 g/mol. The Bertz CT molecular complexity index is 1060. The topological polar surface area (TPSA) is 123 Å². The summed E-state index contributed by atoms with van der Waals surface area (Å²) < 4.78 is 11.1. The molecule has 4 rings (SSSR count). The number of aliphatic hydroxyl groups excluding tert-OH is 1. The highest BCUT2D eigenvalue weighted by molar-refractivity contribution is 5.79. The van der Waals surface area contributed by atoms with Crippen LogP contribution in [0, 0.1) is 5.92 Å². The molecule has 3 aliphatic heterocycles. The van der Waals surface area contributed by atoms with Gasteiger partial charge in [-0.2, -0.15) is 0 Å². The maximum absolute atomic E-state index is 13.6. The normalized spacial score (nSPS) is 22.4. The third-order valence-corrected chi connectivity index (χ3v) is 8.46. The first kappa shape index (κ1) is 29.9. The van der Waals surface area contributed by atoms with Gasteiger partial charge in [-0.15, -0.1) is 0 Å². The zero-order chi connectivity index (χ0) is 28.8. The van der Waals surface area contributed by atoms with Crippen molar-refractivity contribution in [3.8, 4) is 11.5 Å². The van der Waals surface area contributed by atoms with Crippen molar-refractivity contribution in [3.63, 3.8) is 0 Å². The van der Waals surface area contributed by atoms with Crippen molar-refractivity contribution in [3.05, 3.63) is 23.3 Å². The van der Waals surface area contributed by atoms with E-state index in [0.717, 1.165) is 31.2 Å². The Morgan fingerprint density at radius 3 is 2.42 bits per heavy atom. The predicted molar refractivity (Wildman–Crippen MR) is 148 cm³/mol. The Morgan fingerprint density at radius 1 is 1.10 bits per heavy atom. The Balaban J connectivity index is 1.62. The minimum atomic E-state index is -0.938. The lowest BCUT2D eigenvalue weighted by Crippen LogP contribution is -2.46.